The lowest BCUT2D eigenvalue weighted by atomic mass is 9.88. The molecule has 2 rings (SSSR count). The lowest BCUT2D eigenvalue weighted by Crippen LogP contribution is -2.53. The lowest BCUT2D eigenvalue weighted by Gasteiger charge is -2.31. The van der Waals surface area contributed by atoms with Crippen LogP contribution in [0.3, 0.4) is 0 Å². The summed E-state index contributed by atoms with van der Waals surface area (Å²) in [4.78, 5) is 47.3. The van der Waals surface area contributed by atoms with Crippen molar-refractivity contribution >= 4 is 20.1 Å². The van der Waals surface area contributed by atoms with Crippen LogP contribution in [0.1, 0.15) is 40.8 Å². The van der Waals surface area contributed by atoms with Crippen LogP contribution in [0, 0.1) is 0 Å². The molecule has 1 aliphatic heterocycles. The van der Waals surface area contributed by atoms with Gasteiger partial charge in [-0.25, -0.2) is 32.4 Å². The third-order valence-corrected chi connectivity index (χ3v) is 6.61. The van der Waals surface area contributed by atoms with E-state index < -0.39 is 94.0 Å². The molecular formula is C21H33FN3O15P. The molecular weight excluding hydrogens is 584 g/mol. The Morgan fingerprint density at radius 1 is 1.10 bits per heavy atom. The summed E-state index contributed by atoms with van der Waals surface area (Å²) in [7, 11) is -4.93. The number of alkyl halides is 1. The molecule has 4 atom stereocenters. The highest BCUT2D eigenvalue weighted by atomic mass is 31.2. The zero-order valence-electron chi connectivity index (χ0n) is 22.8. The molecule has 0 spiro atoms. The number of rotatable bonds is 13. The molecule has 0 amide bonds. The van der Waals surface area contributed by atoms with E-state index in [0.29, 0.717) is 4.57 Å². The van der Waals surface area contributed by atoms with E-state index in [2.05, 4.69) is 9.47 Å². The van der Waals surface area contributed by atoms with Gasteiger partial charge in [0.25, 0.3) is 5.56 Å². The summed E-state index contributed by atoms with van der Waals surface area (Å²) in [6.07, 6.45) is -6.67. The monoisotopic (exact) mass is 617 g/mol. The molecule has 1 saturated heterocycles. The average Bonchev–Trinajstić information content (AvgIpc) is 3.06. The number of nitrogen functional groups attached to an aromatic ring is 1. The van der Waals surface area contributed by atoms with Gasteiger partial charge in [-0.15, -0.1) is 0 Å². The first-order valence-corrected chi connectivity index (χ1v) is 13.4. The number of phosphoric acid groups is 1. The van der Waals surface area contributed by atoms with Crippen LogP contribution in [0.5, 0.6) is 0 Å². The van der Waals surface area contributed by atoms with Crippen molar-refractivity contribution in [3.63, 3.8) is 0 Å². The largest absolute Gasteiger partial charge is 0.510 e. The summed E-state index contributed by atoms with van der Waals surface area (Å²) in [6, 6.07) is 0.851. The number of aliphatic hydroxyl groups excluding tert-OH is 1. The third kappa shape index (κ3) is 8.48. The van der Waals surface area contributed by atoms with Crippen molar-refractivity contribution in [3.05, 3.63) is 33.1 Å². The van der Waals surface area contributed by atoms with Gasteiger partial charge in [0, 0.05) is 12.3 Å². The molecule has 0 bridgehead atoms. The van der Waals surface area contributed by atoms with Gasteiger partial charge in [-0.05, 0) is 34.6 Å². The smallest absolute Gasteiger partial charge is 0.432 e. The highest BCUT2D eigenvalue weighted by Crippen LogP contribution is 2.52. The van der Waals surface area contributed by atoms with Crippen molar-refractivity contribution in [1.29, 1.82) is 0 Å². The van der Waals surface area contributed by atoms with Gasteiger partial charge >= 0.3 is 25.8 Å². The van der Waals surface area contributed by atoms with Crippen molar-refractivity contribution in [2.24, 2.45) is 0 Å². The van der Waals surface area contributed by atoms with E-state index in [9.17, 15) is 38.3 Å². The highest BCUT2D eigenvalue weighted by molar-refractivity contribution is 7.48. The number of hydrogen-bond donors (Lipinski definition) is 3. The Bertz CT molecular complexity index is 1200. The van der Waals surface area contributed by atoms with E-state index in [1.807, 2.05) is 0 Å². The second-order valence-electron chi connectivity index (χ2n) is 9.35. The molecule has 0 radical (unpaired) electrons. The van der Waals surface area contributed by atoms with E-state index in [1.165, 1.54) is 27.7 Å². The van der Waals surface area contributed by atoms with Gasteiger partial charge in [-0.2, -0.15) is 4.68 Å². The van der Waals surface area contributed by atoms with Gasteiger partial charge in [0.05, 0.1) is 18.8 Å². The number of hydrogen-bond acceptors (Lipinski definition) is 16. The number of nitrogens with zero attached hydrogens (tertiary/aromatic N) is 2. The Kier molecular flexibility index (Phi) is 11.4. The van der Waals surface area contributed by atoms with Crippen molar-refractivity contribution in [2.75, 3.05) is 32.7 Å². The first kappa shape index (κ1) is 34.1. The fraction of sp³-hybridized carbons (Fsp3) is 0.714. The molecule has 2 heterocycles. The van der Waals surface area contributed by atoms with Crippen molar-refractivity contribution in [2.45, 2.75) is 70.4 Å². The zero-order chi connectivity index (χ0) is 31.2. The molecule has 18 nitrogen and oxygen atoms in total. The zero-order valence-corrected chi connectivity index (χ0v) is 23.7. The summed E-state index contributed by atoms with van der Waals surface area (Å²) < 4.78 is 67.4. The normalized spacial score (nSPS) is 24.4. The number of nitrogens with two attached hydrogens (primary N) is 1. The summed E-state index contributed by atoms with van der Waals surface area (Å²) in [6.45, 7) is 2.15. The molecule has 234 valence electrons. The Morgan fingerprint density at radius 3 is 2.07 bits per heavy atom. The van der Waals surface area contributed by atoms with Crippen LogP contribution in [0.2, 0.25) is 0 Å². The molecule has 41 heavy (non-hydrogen) atoms. The van der Waals surface area contributed by atoms with E-state index in [4.69, 9.17) is 33.6 Å². The number of carbonyl (C=O) groups is 2. The minimum Gasteiger partial charge on any atom is -0.432 e. The molecule has 20 heteroatoms. The van der Waals surface area contributed by atoms with Gasteiger partial charge < -0.3 is 39.7 Å². The fourth-order valence-corrected chi connectivity index (χ4v) is 4.35. The van der Waals surface area contributed by atoms with Crippen molar-refractivity contribution in [3.8, 4) is 0 Å². The highest BCUT2D eigenvalue weighted by Gasteiger charge is 2.63. The first-order valence-electron chi connectivity index (χ1n) is 11.9. The van der Waals surface area contributed by atoms with Crippen LogP contribution in [0.15, 0.2) is 21.9 Å². The van der Waals surface area contributed by atoms with Gasteiger partial charge in [-0.1, -0.05) is 0 Å². The van der Waals surface area contributed by atoms with Crippen LogP contribution in [-0.4, -0.2) is 88.1 Å². The molecule has 1 aliphatic rings. The topological polar surface area (TPSA) is 236 Å². The molecule has 1 aromatic heterocycles. The van der Waals surface area contributed by atoms with E-state index in [-0.39, 0.29) is 4.68 Å². The number of aliphatic hydroxyl groups is 2. The summed E-state index contributed by atoms with van der Waals surface area (Å²) in [5.41, 5.74) is -7.01. The van der Waals surface area contributed by atoms with Crippen LogP contribution in [0.4, 0.5) is 14.0 Å². The molecule has 4 N–H and O–H groups in total. The SMILES string of the molecule is CC(C)OC(=O)OCOP(=O)(OCOC(=O)OC(C)C)OC[C@@]1(CF)O[C@@H](n2ccc(=O)n(N)c2=O)[C@](C)(O)[C@@H]1O. The maximum Gasteiger partial charge on any atom is 0.510 e. The van der Waals surface area contributed by atoms with Crippen LogP contribution in [-0.2, 0) is 41.8 Å². The Hall–Kier alpha value is -3.06. The predicted octanol–water partition coefficient (Wildman–Crippen LogP) is 0.269. The fourth-order valence-electron chi connectivity index (χ4n) is 3.38. The molecule has 0 aromatic carbocycles. The van der Waals surface area contributed by atoms with Gasteiger partial charge in [-0.3, -0.25) is 13.9 Å². The van der Waals surface area contributed by atoms with Crippen molar-refractivity contribution in [1.82, 2.24) is 9.24 Å². The lowest BCUT2D eigenvalue weighted by molar-refractivity contribution is -0.141. The van der Waals surface area contributed by atoms with Crippen LogP contribution < -0.4 is 17.1 Å². The summed E-state index contributed by atoms with van der Waals surface area (Å²) in [5, 5.41) is 21.8. The Balaban J connectivity index is 2.26. The Morgan fingerprint density at radius 2 is 1.61 bits per heavy atom. The maximum atomic E-state index is 14.4. The predicted molar refractivity (Wildman–Crippen MR) is 131 cm³/mol. The van der Waals surface area contributed by atoms with Gasteiger partial charge in [0.15, 0.2) is 11.8 Å². The number of carbonyl (C=O) groups excluding carboxylic acids is 2. The van der Waals surface area contributed by atoms with Gasteiger partial charge in [0.1, 0.15) is 18.4 Å². The maximum absolute atomic E-state index is 14.4. The molecule has 0 unspecified atom stereocenters. The molecule has 0 aliphatic carbocycles. The molecule has 1 fully saturated rings. The number of aromatic nitrogens is 2. The first-order chi connectivity index (χ1) is 19.0. The second-order valence-corrected chi connectivity index (χ2v) is 11.0. The summed E-state index contributed by atoms with van der Waals surface area (Å²) in [5.74, 6) is 5.39. The van der Waals surface area contributed by atoms with Crippen LogP contribution in [0.25, 0.3) is 0 Å². The number of halogens is 1. The van der Waals surface area contributed by atoms with E-state index in [1.54, 1.807) is 0 Å². The molecule has 1 aromatic rings. The number of phosphoric ester groups is 1. The average molecular weight is 617 g/mol. The van der Waals surface area contributed by atoms with Crippen molar-refractivity contribution < 1.29 is 66.0 Å². The third-order valence-electron chi connectivity index (χ3n) is 5.33. The van der Waals surface area contributed by atoms with Gasteiger partial charge in [0.2, 0.25) is 13.6 Å². The van der Waals surface area contributed by atoms with E-state index >= 15 is 0 Å². The minimum absolute atomic E-state index is 0.183. The minimum atomic E-state index is -4.93. The summed E-state index contributed by atoms with van der Waals surface area (Å²) >= 11 is 0. The van der Waals surface area contributed by atoms with Crippen LogP contribution >= 0.6 is 7.82 Å². The van der Waals surface area contributed by atoms with E-state index in [0.717, 1.165) is 19.2 Å². The quantitative estimate of drug-likeness (QED) is 0.117. The standard InChI is InChI=1S/C21H33FN3O15P/c1-12(2)38-18(29)33-10-36-41(32,37-11-34-19(30)39-13(3)4)35-9-21(8-22)15(27)20(5,31)16(40-21)24-7-6-14(26)25(23)17(24)28/h6-7,12-13,15-16,27,31H,8-11,23H2,1-5H3/t15-,16+,20+,21+/m0/s1. The Labute approximate surface area is 232 Å². The molecule has 0 saturated carbocycles. The number of ether oxygens (including phenoxy) is 5. The second kappa shape index (κ2) is 13.7.